The average Bonchev–Trinajstić information content (AvgIpc) is 2.66. The van der Waals surface area contributed by atoms with E-state index in [1.165, 1.54) is 6.08 Å². The highest BCUT2D eigenvalue weighted by atomic mass is 16.5. The van der Waals surface area contributed by atoms with E-state index < -0.39 is 12.0 Å². The lowest BCUT2D eigenvalue weighted by molar-refractivity contribution is -0.148. The van der Waals surface area contributed by atoms with Crippen LogP contribution in [-0.4, -0.2) is 25.0 Å². The van der Waals surface area contributed by atoms with Crippen LogP contribution in [0.2, 0.25) is 0 Å². The predicted octanol–water partition coefficient (Wildman–Crippen LogP) is 3.26. The quantitative estimate of drug-likeness (QED) is 0.613. The summed E-state index contributed by atoms with van der Waals surface area (Å²) in [6.07, 6.45) is 3.05. The van der Waals surface area contributed by atoms with Crippen LogP contribution < -0.4 is 10.1 Å². The van der Waals surface area contributed by atoms with Gasteiger partial charge >= 0.3 is 5.97 Å². The Morgan fingerprint density at radius 1 is 1.08 bits per heavy atom. The summed E-state index contributed by atoms with van der Waals surface area (Å²) in [5.74, 6) is -0.0890. The number of ether oxygens (including phenoxy) is 2. The normalized spacial score (nSPS) is 11.8. The van der Waals surface area contributed by atoms with Crippen LogP contribution in [0.3, 0.4) is 0 Å². The molecule has 136 valence electrons. The number of nitrogens with one attached hydrogen (secondary N) is 1. The molecular formula is C21H23NO4. The first-order chi connectivity index (χ1) is 12.5. The Hall–Kier alpha value is -3.08. The molecule has 0 saturated carbocycles. The van der Waals surface area contributed by atoms with Crippen molar-refractivity contribution >= 4 is 18.0 Å². The number of methoxy groups -OCH3 is 1. The van der Waals surface area contributed by atoms with Gasteiger partial charge in [-0.2, -0.15) is 0 Å². The van der Waals surface area contributed by atoms with Gasteiger partial charge in [0.25, 0.3) is 0 Å². The van der Waals surface area contributed by atoms with Gasteiger partial charge in [0.2, 0.25) is 5.91 Å². The lowest BCUT2D eigenvalue weighted by Gasteiger charge is -2.12. The molecule has 1 atom stereocenters. The Bertz CT molecular complexity index is 764. The summed E-state index contributed by atoms with van der Waals surface area (Å²) in [5, 5.41) is 2.59. The maximum absolute atomic E-state index is 12.0. The first-order valence-electron chi connectivity index (χ1n) is 8.33. The number of amides is 1. The van der Waals surface area contributed by atoms with E-state index in [0.717, 1.165) is 22.4 Å². The van der Waals surface area contributed by atoms with E-state index in [0.29, 0.717) is 0 Å². The molecule has 2 aromatic carbocycles. The molecule has 26 heavy (non-hydrogen) atoms. The van der Waals surface area contributed by atoms with Crippen LogP contribution in [0.25, 0.3) is 6.08 Å². The number of esters is 1. The fourth-order valence-electron chi connectivity index (χ4n) is 2.17. The van der Waals surface area contributed by atoms with Gasteiger partial charge in [-0.1, -0.05) is 42.0 Å². The molecule has 2 aromatic rings. The molecule has 2 rings (SSSR count). The van der Waals surface area contributed by atoms with E-state index in [4.69, 9.17) is 9.47 Å². The molecule has 0 spiro atoms. The van der Waals surface area contributed by atoms with Crippen molar-refractivity contribution in [2.75, 3.05) is 7.11 Å². The maximum Gasteiger partial charge on any atom is 0.328 e. The Morgan fingerprint density at radius 2 is 1.73 bits per heavy atom. The lowest BCUT2D eigenvalue weighted by Crippen LogP contribution is -2.38. The topological polar surface area (TPSA) is 64.6 Å². The summed E-state index contributed by atoms with van der Waals surface area (Å²) in [4.78, 5) is 23.9. The van der Waals surface area contributed by atoms with E-state index in [9.17, 15) is 9.59 Å². The van der Waals surface area contributed by atoms with Crippen LogP contribution >= 0.6 is 0 Å². The second kappa shape index (κ2) is 9.42. The summed E-state index contributed by atoms with van der Waals surface area (Å²) < 4.78 is 10.3. The summed E-state index contributed by atoms with van der Waals surface area (Å²) in [6.45, 7) is 3.77. The number of aryl methyl sites for hydroxylation is 1. The predicted molar refractivity (Wildman–Crippen MR) is 101 cm³/mol. The Morgan fingerprint density at radius 3 is 2.35 bits per heavy atom. The van der Waals surface area contributed by atoms with Crippen molar-refractivity contribution in [3.63, 3.8) is 0 Å². The standard InChI is InChI=1S/C21H23NO4/c1-15-4-6-18(7-5-15)14-26-21(24)16(2)22-20(23)13-10-17-8-11-19(25-3)12-9-17/h4-13,16H,14H2,1-3H3,(H,22,23). The van der Waals surface area contributed by atoms with Crippen LogP contribution in [0.1, 0.15) is 23.6 Å². The Balaban J connectivity index is 1.80. The molecule has 0 heterocycles. The van der Waals surface area contributed by atoms with Gasteiger partial charge in [0.15, 0.2) is 0 Å². The largest absolute Gasteiger partial charge is 0.497 e. The van der Waals surface area contributed by atoms with E-state index >= 15 is 0 Å². The van der Waals surface area contributed by atoms with E-state index in [1.54, 1.807) is 20.1 Å². The minimum atomic E-state index is -0.728. The number of hydrogen-bond donors (Lipinski definition) is 1. The van der Waals surface area contributed by atoms with Gasteiger partial charge in [-0.05, 0) is 43.2 Å². The van der Waals surface area contributed by atoms with Crippen molar-refractivity contribution in [1.29, 1.82) is 0 Å². The minimum absolute atomic E-state index is 0.182. The zero-order valence-electron chi connectivity index (χ0n) is 15.2. The molecule has 0 radical (unpaired) electrons. The van der Waals surface area contributed by atoms with Gasteiger partial charge in [0.1, 0.15) is 18.4 Å². The zero-order valence-corrected chi connectivity index (χ0v) is 15.2. The number of carbonyl (C=O) groups excluding carboxylic acids is 2. The van der Waals surface area contributed by atoms with Crippen molar-refractivity contribution in [2.45, 2.75) is 26.5 Å². The summed E-state index contributed by atoms with van der Waals surface area (Å²) in [7, 11) is 1.59. The van der Waals surface area contributed by atoms with Crippen LogP contribution in [0.4, 0.5) is 0 Å². The highest BCUT2D eigenvalue weighted by Gasteiger charge is 2.15. The number of benzene rings is 2. The summed E-state index contributed by atoms with van der Waals surface area (Å²) in [6, 6.07) is 14.3. The molecule has 5 nitrogen and oxygen atoms in total. The third-order valence-electron chi connectivity index (χ3n) is 3.76. The first-order valence-corrected chi connectivity index (χ1v) is 8.33. The zero-order chi connectivity index (χ0) is 18.9. The van der Waals surface area contributed by atoms with Gasteiger partial charge in [0.05, 0.1) is 7.11 Å². The van der Waals surface area contributed by atoms with Crippen LogP contribution in [0.5, 0.6) is 5.75 Å². The smallest absolute Gasteiger partial charge is 0.328 e. The third-order valence-corrected chi connectivity index (χ3v) is 3.76. The second-order valence-corrected chi connectivity index (χ2v) is 5.93. The molecule has 0 aromatic heterocycles. The molecule has 1 N–H and O–H groups in total. The molecule has 0 saturated heterocycles. The number of carbonyl (C=O) groups is 2. The van der Waals surface area contributed by atoms with E-state index in [-0.39, 0.29) is 12.5 Å². The Labute approximate surface area is 153 Å². The molecule has 5 heteroatoms. The summed E-state index contributed by atoms with van der Waals surface area (Å²) >= 11 is 0. The molecule has 1 unspecified atom stereocenters. The van der Waals surface area contributed by atoms with Crippen LogP contribution in [0, 0.1) is 6.92 Å². The molecule has 0 bridgehead atoms. The molecule has 0 aliphatic heterocycles. The fourth-order valence-corrected chi connectivity index (χ4v) is 2.17. The van der Waals surface area contributed by atoms with Crippen molar-refractivity contribution < 1.29 is 19.1 Å². The van der Waals surface area contributed by atoms with E-state index in [1.807, 2.05) is 55.5 Å². The third kappa shape index (κ3) is 6.09. The molecule has 0 aliphatic rings. The first kappa shape index (κ1) is 19.2. The summed E-state index contributed by atoms with van der Waals surface area (Å²) in [5.41, 5.74) is 2.90. The monoisotopic (exact) mass is 353 g/mol. The average molecular weight is 353 g/mol. The van der Waals surface area contributed by atoms with Gasteiger partial charge in [-0.25, -0.2) is 4.79 Å². The highest BCUT2D eigenvalue weighted by molar-refractivity contribution is 5.94. The Kier molecular flexibility index (Phi) is 6.97. The van der Waals surface area contributed by atoms with E-state index in [2.05, 4.69) is 5.32 Å². The van der Waals surface area contributed by atoms with Gasteiger partial charge in [0, 0.05) is 6.08 Å². The van der Waals surface area contributed by atoms with Gasteiger partial charge in [-0.3, -0.25) is 4.79 Å². The van der Waals surface area contributed by atoms with Crippen molar-refractivity contribution in [2.24, 2.45) is 0 Å². The molecule has 0 fully saturated rings. The van der Waals surface area contributed by atoms with Crippen molar-refractivity contribution in [3.8, 4) is 5.75 Å². The van der Waals surface area contributed by atoms with Crippen LogP contribution in [0.15, 0.2) is 54.6 Å². The number of rotatable bonds is 7. The van der Waals surface area contributed by atoms with Crippen LogP contribution in [-0.2, 0) is 20.9 Å². The lowest BCUT2D eigenvalue weighted by atomic mass is 10.2. The van der Waals surface area contributed by atoms with Gasteiger partial charge < -0.3 is 14.8 Å². The molecule has 1 amide bonds. The fraction of sp³-hybridized carbons (Fsp3) is 0.238. The van der Waals surface area contributed by atoms with Crippen molar-refractivity contribution in [1.82, 2.24) is 5.32 Å². The minimum Gasteiger partial charge on any atom is -0.497 e. The molecule has 0 aliphatic carbocycles. The molecular weight excluding hydrogens is 330 g/mol. The second-order valence-electron chi connectivity index (χ2n) is 5.93. The van der Waals surface area contributed by atoms with Crippen molar-refractivity contribution in [3.05, 3.63) is 71.3 Å². The van der Waals surface area contributed by atoms with Gasteiger partial charge in [-0.15, -0.1) is 0 Å². The highest BCUT2D eigenvalue weighted by Crippen LogP contribution is 2.12. The number of hydrogen-bond acceptors (Lipinski definition) is 4. The SMILES string of the molecule is COc1ccc(C=CC(=O)NC(C)C(=O)OCc2ccc(C)cc2)cc1. The maximum atomic E-state index is 12.0.